The molecule has 2 N–H and O–H groups in total. The van der Waals surface area contributed by atoms with Gasteiger partial charge < -0.3 is 5.73 Å². The van der Waals surface area contributed by atoms with Crippen LogP contribution in [0.3, 0.4) is 0 Å². The summed E-state index contributed by atoms with van der Waals surface area (Å²) < 4.78 is 13.2. The lowest BCUT2D eigenvalue weighted by molar-refractivity contribution is 0.112. The summed E-state index contributed by atoms with van der Waals surface area (Å²) in [4.78, 5) is 10.8. The molecule has 15 heavy (non-hydrogen) atoms. The zero-order chi connectivity index (χ0) is 11.4. The van der Waals surface area contributed by atoms with Gasteiger partial charge in [0.2, 0.25) is 0 Å². The van der Waals surface area contributed by atoms with Crippen LogP contribution in [0.5, 0.6) is 0 Å². The van der Waals surface area contributed by atoms with E-state index in [4.69, 9.17) is 5.73 Å². The molecule has 1 atom stereocenters. The van der Waals surface area contributed by atoms with Crippen LogP contribution in [-0.4, -0.2) is 12.8 Å². The van der Waals surface area contributed by atoms with Gasteiger partial charge in [0.1, 0.15) is 12.1 Å². The lowest BCUT2D eigenvalue weighted by Gasteiger charge is -2.14. The summed E-state index contributed by atoms with van der Waals surface area (Å²) >= 11 is 0. The minimum Gasteiger partial charge on any atom is -0.330 e. The van der Waals surface area contributed by atoms with Crippen molar-refractivity contribution in [1.29, 1.82) is 0 Å². The first kappa shape index (κ1) is 11.9. The van der Waals surface area contributed by atoms with Crippen LogP contribution in [-0.2, 0) is 0 Å². The Labute approximate surface area is 89.3 Å². The fourth-order valence-electron chi connectivity index (χ4n) is 1.65. The van der Waals surface area contributed by atoms with Crippen LogP contribution in [0.2, 0.25) is 0 Å². The minimum absolute atomic E-state index is 0.189. The summed E-state index contributed by atoms with van der Waals surface area (Å²) in [5.74, 6) is -0.143. The zero-order valence-electron chi connectivity index (χ0n) is 9.09. The van der Waals surface area contributed by atoms with E-state index in [1.807, 2.05) is 6.92 Å². The predicted octanol–water partition coefficient (Wildman–Crippen LogP) is 2.40. The van der Waals surface area contributed by atoms with E-state index < -0.39 is 0 Å². The summed E-state index contributed by atoms with van der Waals surface area (Å²) in [6, 6.07) is 3.03. The second-order valence-electron chi connectivity index (χ2n) is 3.83. The van der Waals surface area contributed by atoms with Crippen LogP contribution in [0, 0.1) is 12.7 Å². The molecule has 0 aromatic heterocycles. The van der Waals surface area contributed by atoms with Crippen LogP contribution in [0.1, 0.15) is 40.7 Å². The number of aryl methyl sites for hydroxylation is 1. The molecule has 0 fully saturated rings. The molecule has 0 aliphatic heterocycles. The SMILES string of the molecule is Cc1cc(C(C)CCN)c(C=O)cc1F. The van der Waals surface area contributed by atoms with Crippen molar-refractivity contribution >= 4 is 6.29 Å². The Kier molecular flexibility index (Phi) is 3.97. The van der Waals surface area contributed by atoms with E-state index in [2.05, 4.69) is 0 Å². The minimum atomic E-state index is -0.333. The van der Waals surface area contributed by atoms with Gasteiger partial charge in [-0.2, -0.15) is 0 Å². The normalized spacial score (nSPS) is 12.5. The van der Waals surface area contributed by atoms with Gasteiger partial charge in [0.15, 0.2) is 0 Å². The van der Waals surface area contributed by atoms with Gasteiger partial charge in [-0.15, -0.1) is 0 Å². The number of nitrogens with two attached hydrogens (primary N) is 1. The number of halogens is 1. The molecule has 1 aromatic carbocycles. The quantitative estimate of drug-likeness (QED) is 0.774. The van der Waals surface area contributed by atoms with Crippen molar-refractivity contribution in [2.24, 2.45) is 5.73 Å². The Hall–Kier alpha value is -1.22. The monoisotopic (exact) mass is 209 g/mol. The van der Waals surface area contributed by atoms with E-state index in [0.717, 1.165) is 12.0 Å². The molecule has 2 nitrogen and oxygen atoms in total. The first-order valence-corrected chi connectivity index (χ1v) is 5.05. The summed E-state index contributed by atoms with van der Waals surface area (Å²) in [5, 5.41) is 0. The molecule has 0 heterocycles. The predicted molar refractivity (Wildman–Crippen MR) is 58.6 cm³/mol. The van der Waals surface area contributed by atoms with Crippen molar-refractivity contribution in [2.75, 3.05) is 6.54 Å². The van der Waals surface area contributed by atoms with Crippen molar-refractivity contribution in [3.63, 3.8) is 0 Å². The second-order valence-corrected chi connectivity index (χ2v) is 3.83. The van der Waals surface area contributed by atoms with Gasteiger partial charge in [0, 0.05) is 5.56 Å². The summed E-state index contributed by atoms with van der Waals surface area (Å²) in [6.45, 7) is 4.25. The van der Waals surface area contributed by atoms with Gasteiger partial charge in [-0.1, -0.05) is 13.0 Å². The maximum Gasteiger partial charge on any atom is 0.150 e. The molecule has 1 rings (SSSR count). The molecule has 0 spiro atoms. The maximum atomic E-state index is 13.2. The van der Waals surface area contributed by atoms with Gasteiger partial charge in [-0.25, -0.2) is 4.39 Å². The molecule has 0 saturated heterocycles. The van der Waals surface area contributed by atoms with Crippen molar-refractivity contribution < 1.29 is 9.18 Å². The highest BCUT2D eigenvalue weighted by molar-refractivity contribution is 5.77. The largest absolute Gasteiger partial charge is 0.330 e. The lowest BCUT2D eigenvalue weighted by atomic mass is 9.92. The van der Waals surface area contributed by atoms with E-state index >= 15 is 0 Å². The number of aldehydes is 1. The molecular formula is C12H16FNO. The molecule has 3 heteroatoms. The summed E-state index contributed by atoms with van der Waals surface area (Å²) in [5.41, 5.74) is 7.35. The lowest BCUT2D eigenvalue weighted by Crippen LogP contribution is -2.07. The number of carbonyl (C=O) groups is 1. The van der Waals surface area contributed by atoms with E-state index in [1.165, 1.54) is 6.07 Å². The highest BCUT2D eigenvalue weighted by Crippen LogP contribution is 2.24. The Bertz CT molecular complexity index is 363. The number of hydrogen-bond donors (Lipinski definition) is 1. The Morgan fingerprint density at radius 1 is 1.53 bits per heavy atom. The van der Waals surface area contributed by atoms with E-state index in [1.54, 1.807) is 13.0 Å². The first-order chi connectivity index (χ1) is 7.10. The smallest absolute Gasteiger partial charge is 0.150 e. The van der Waals surface area contributed by atoms with Gasteiger partial charge in [0.05, 0.1) is 0 Å². The van der Waals surface area contributed by atoms with Gasteiger partial charge in [-0.05, 0) is 43.0 Å². The van der Waals surface area contributed by atoms with Gasteiger partial charge in [0.25, 0.3) is 0 Å². The Morgan fingerprint density at radius 3 is 2.73 bits per heavy atom. The maximum absolute atomic E-state index is 13.2. The molecule has 0 radical (unpaired) electrons. The molecule has 82 valence electrons. The fraction of sp³-hybridized carbons (Fsp3) is 0.417. The molecule has 1 aromatic rings. The van der Waals surface area contributed by atoms with Crippen molar-refractivity contribution in [2.45, 2.75) is 26.2 Å². The fourth-order valence-corrected chi connectivity index (χ4v) is 1.65. The average Bonchev–Trinajstić information content (AvgIpc) is 2.21. The first-order valence-electron chi connectivity index (χ1n) is 5.05. The second kappa shape index (κ2) is 5.03. The third-order valence-electron chi connectivity index (χ3n) is 2.62. The Morgan fingerprint density at radius 2 is 2.20 bits per heavy atom. The number of benzene rings is 1. The third kappa shape index (κ3) is 2.63. The molecule has 0 aliphatic rings. The van der Waals surface area contributed by atoms with Crippen molar-refractivity contribution in [3.05, 3.63) is 34.6 Å². The highest BCUT2D eigenvalue weighted by Gasteiger charge is 2.12. The third-order valence-corrected chi connectivity index (χ3v) is 2.62. The number of hydrogen-bond acceptors (Lipinski definition) is 2. The van der Waals surface area contributed by atoms with E-state index in [9.17, 15) is 9.18 Å². The van der Waals surface area contributed by atoms with Crippen LogP contribution in [0.25, 0.3) is 0 Å². The topological polar surface area (TPSA) is 43.1 Å². The van der Waals surface area contributed by atoms with Gasteiger partial charge >= 0.3 is 0 Å². The van der Waals surface area contributed by atoms with Crippen LogP contribution in [0.15, 0.2) is 12.1 Å². The molecule has 0 aliphatic carbocycles. The van der Waals surface area contributed by atoms with Crippen molar-refractivity contribution in [3.8, 4) is 0 Å². The zero-order valence-corrected chi connectivity index (χ0v) is 9.09. The number of carbonyl (C=O) groups excluding carboxylic acids is 1. The molecule has 1 unspecified atom stereocenters. The molecule has 0 bridgehead atoms. The Balaban J connectivity index is 3.15. The molecule has 0 amide bonds. The highest BCUT2D eigenvalue weighted by atomic mass is 19.1. The number of rotatable bonds is 4. The summed E-state index contributed by atoms with van der Waals surface area (Å²) in [7, 11) is 0. The molecular weight excluding hydrogens is 193 g/mol. The van der Waals surface area contributed by atoms with Crippen LogP contribution >= 0.6 is 0 Å². The van der Waals surface area contributed by atoms with Crippen LogP contribution < -0.4 is 5.73 Å². The standard InChI is InChI=1S/C12H16FNO/c1-8(3-4-14)11-5-9(2)12(13)6-10(11)7-15/h5-8H,3-4,14H2,1-2H3. The van der Waals surface area contributed by atoms with E-state index in [0.29, 0.717) is 24.0 Å². The van der Waals surface area contributed by atoms with Gasteiger partial charge in [-0.3, -0.25) is 4.79 Å². The van der Waals surface area contributed by atoms with Crippen molar-refractivity contribution in [1.82, 2.24) is 0 Å². The summed E-state index contributed by atoms with van der Waals surface area (Å²) in [6.07, 6.45) is 1.50. The average molecular weight is 209 g/mol. The van der Waals surface area contributed by atoms with E-state index in [-0.39, 0.29) is 11.7 Å². The van der Waals surface area contributed by atoms with Crippen LogP contribution in [0.4, 0.5) is 4.39 Å². The molecule has 0 saturated carbocycles.